The summed E-state index contributed by atoms with van der Waals surface area (Å²) in [5.41, 5.74) is 5.11. The van der Waals surface area contributed by atoms with Crippen LogP contribution in [0.4, 0.5) is 5.69 Å². The van der Waals surface area contributed by atoms with E-state index in [9.17, 15) is 30.6 Å². The number of aliphatic hydroxyl groups is 2. The fraction of sp³-hybridized carbons (Fsp3) is 0.421. The van der Waals surface area contributed by atoms with Gasteiger partial charge in [-0.2, -0.15) is 0 Å². The highest BCUT2D eigenvalue weighted by Crippen LogP contribution is 2.58. The lowest BCUT2D eigenvalue weighted by atomic mass is 9.57. The zero-order valence-corrected chi connectivity index (χ0v) is 39.3. The van der Waals surface area contributed by atoms with E-state index in [1.807, 2.05) is 42.6 Å². The summed E-state index contributed by atoms with van der Waals surface area (Å²) in [7, 11) is 0. The number of phenols is 4. The Morgan fingerprint density at radius 3 is 2.70 bits per heavy atom. The predicted molar refractivity (Wildman–Crippen MR) is 266 cm³/mol. The number of Topliss-reactive ketones (excluding diaryl/α,β-unsaturated/α-hetero) is 1. The molecule has 9 N–H and O–H groups in total. The second kappa shape index (κ2) is 19.6. The van der Waals surface area contributed by atoms with E-state index in [1.165, 1.54) is 6.07 Å². The van der Waals surface area contributed by atoms with Crippen LogP contribution in [0.3, 0.4) is 0 Å². The Balaban J connectivity index is 1.11. The van der Waals surface area contributed by atoms with Crippen LogP contribution in [-0.2, 0) is 30.5 Å². The molecule has 12 nitrogen and oxygen atoms in total. The molecule has 4 heterocycles. The van der Waals surface area contributed by atoms with E-state index in [1.54, 1.807) is 24.3 Å². The van der Waals surface area contributed by atoms with E-state index in [-0.39, 0.29) is 53.3 Å². The molecule has 1 aromatic heterocycles. The minimum Gasteiger partial charge on any atom is -0.508 e. The maximum absolute atomic E-state index is 16.1. The van der Waals surface area contributed by atoms with Crippen molar-refractivity contribution in [3.8, 4) is 34.5 Å². The number of phenolic OH excluding ortho intramolecular Hbond substituents is 4. The Kier molecular flexibility index (Phi) is 13.1. The maximum atomic E-state index is 16.1. The zero-order chi connectivity index (χ0) is 47.8. The lowest BCUT2D eigenvalue weighted by Crippen LogP contribution is -2.50. The Morgan fingerprint density at radius 1 is 0.971 bits per heavy atom. The van der Waals surface area contributed by atoms with Crippen LogP contribution in [0.25, 0.3) is 10.8 Å². The fourth-order valence-corrected chi connectivity index (χ4v) is 12.6. The van der Waals surface area contributed by atoms with Crippen molar-refractivity contribution in [3.05, 3.63) is 137 Å². The van der Waals surface area contributed by atoms with E-state index in [4.69, 9.17) is 9.47 Å². The third-order valence-electron chi connectivity index (χ3n) is 15.9. The molecule has 8 unspecified atom stereocenters. The normalized spacial score (nSPS) is 26.2. The van der Waals surface area contributed by atoms with Crippen molar-refractivity contribution >= 4 is 22.2 Å². The van der Waals surface area contributed by atoms with Crippen LogP contribution in [0.1, 0.15) is 92.2 Å². The topological polar surface area (TPSA) is 197 Å². The number of nitrogens with one attached hydrogen (secondary N) is 3. The number of aromatic amines is 1. The van der Waals surface area contributed by atoms with Crippen molar-refractivity contribution in [2.75, 3.05) is 25.1 Å². The van der Waals surface area contributed by atoms with Gasteiger partial charge in [-0.25, -0.2) is 0 Å². The average molecular weight is 936 g/mol. The van der Waals surface area contributed by atoms with Crippen molar-refractivity contribution in [2.24, 2.45) is 29.1 Å². The highest BCUT2D eigenvalue weighted by molar-refractivity contribution is 5.91. The predicted octanol–water partition coefficient (Wildman–Crippen LogP) is 9.38. The second-order valence-electron chi connectivity index (χ2n) is 20.3. The van der Waals surface area contributed by atoms with Gasteiger partial charge in [-0.15, -0.1) is 0 Å². The molecule has 0 saturated heterocycles. The number of ether oxygens (including phenoxy) is 2. The molecule has 0 radical (unpaired) electrons. The van der Waals surface area contributed by atoms with Crippen LogP contribution in [0.15, 0.2) is 109 Å². The van der Waals surface area contributed by atoms with Gasteiger partial charge in [0.2, 0.25) is 5.75 Å². The highest BCUT2D eigenvalue weighted by Gasteiger charge is 2.58. The third kappa shape index (κ3) is 9.28. The van der Waals surface area contributed by atoms with Crippen molar-refractivity contribution < 1.29 is 44.9 Å². The molecular weight excluding hydrogens is 871 g/mol. The number of aryl methyl sites for hydroxylation is 2. The van der Waals surface area contributed by atoms with Crippen molar-refractivity contribution in [2.45, 2.75) is 102 Å². The van der Waals surface area contributed by atoms with Gasteiger partial charge in [0.1, 0.15) is 17.4 Å². The highest BCUT2D eigenvalue weighted by atomic mass is 16.5. The van der Waals surface area contributed by atoms with Crippen LogP contribution in [0.2, 0.25) is 0 Å². The third-order valence-corrected chi connectivity index (χ3v) is 15.9. The number of fused-ring (bicyclic) bond motifs is 6. The molecule has 69 heavy (non-hydrogen) atoms. The number of benzene rings is 4. The SMILES string of the molecule is CC1CC=CC(COc2cc(C3CCc4c(ccc5cc(O)ccc45)NC4=CC(=CCN4)C4(CCC(O)C4Cc4ccc[nH]4)C(C(O)CCc4ccc(O)c5c4CCCO5)C(=O)C3)cc(O)c2O)C1. The van der Waals surface area contributed by atoms with Gasteiger partial charge < -0.3 is 55.7 Å². The molecule has 4 aromatic carbocycles. The molecule has 8 atom stereocenters. The van der Waals surface area contributed by atoms with Gasteiger partial charge >= 0.3 is 0 Å². The number of carbonyl (C=O) groups excluding carboxylic acids is 1. The number of hydrogen-bond acceptors (Lipinski definition) is 11. The maximum Gasteiger partial charge on any atom is 0.200 e. The van der Waals surface area contributed by atoms with Crippen LogP contribution in [-0.4, -0.2) is 73.4 Å². The molecule has 1 saturated carbocycles. The first kappa shape index (κ1) is 46.4. The first-order valence-electron chi connectivity index (χ1n) is 25.0. The molecule has 362 valence electrons. The van der Waals surface area contributed by atoms with Gasteiger partial charge in [0, 0.05) is 53.4 Å². The number of aromatic nitrogens is 1. The lowest BCUT2D eigenvalue weighted by Gasteiger charge is -2.46. The zero-order valence-electron chi connectivity index (χ0n) is 39.3. The van der Waals surface area contributed by atoms with Crippen molar-refractivity contribution in [1.29, 1.82) is 0 Å². The number of allylic oxidation sites excluding steroid dienone is 3. The van der Waals surface area contributed by atoms with Gasteiger partial charge in [-0.05, 0) is 170 Å². The Morgan fingerprint density at radius 2 is 1.86 bits per heavy atom. The number of hydrogen-bond donors (Lipinski definition) is 9. The first-order chi connectivity index (χ1) is 33.4. The Labute approximate surface area is 403 Å². The summed E-state index contributed by atoms with van der Waals surface area (Å²) in [6, 6.07) is 20.1. The number of rotatable bonds is 10. The molecule has 0 amide bonds. The van der Waals surface area contributed by atoms with E-state index in [2.05, 4.69) is 46.8 Å². The summed E-state index contributed by atoms with van der Waals surface area (Å²) < 4.78 is 12.2. The van der Waals surface area contributed by atoms with Gasteiger partial charge in [0.05, 0.1) is 31.3 Å². The Bertz CT molecular complexity index is 2800. The molecule has 3 aliphatic heterocycles. The summed E-state index contributed by atoms with van der Waals surface area (Å²) in [5, 5.41) is 78.3. The molecule has 10 rings (SSSR count). The smallest absolute Gasteiger partial charge is 0.200 e. The number of ketones is 1. The summed E-state index contributed by atoms with van der Waals surface area (Å²) in [6.07, 6.45) is 14.8. The number of aromatic hydroxyl groups is 4. The summed E-state index contributed by atoms with van der Waals surface area (Å²) >= 11 is 0. The summed E-state index contributed by atoms with van der Waals surface area (Å²) in [6.45, 7) is 3.48. The minimum absolute atomic E-state index is 0.0137. The number of carbonyl (C=O) groups is 1. The van der Waals surface area contributed by atoms with Crippen molar-refractivity contribution in [1.82, 2.24) is 10.3 Å². The molecule has 5 aliphatic rings. The summed E-state index contributed by atoms with van der Waals surface area (Å²) in [5.74, 6) is -0.581. The lowest BCUT2D eigenvalue weighted by molar-refractivity contribution is -0.134. The van der Waals surface area contributed by atoms with Gasteiger partial charge in [-0.1, -0.05) is 43.4 Å². The van der Waals surface area contributed by atoms with Gasteiger partial charge in [-0.3, -0.25) is 4.79 Å². The van der Waals surface area contributed by atoms with Gasteiger partial charge in [0.15, 0.2) is 23.0 Å². The quantitative estimate of drug-likeness (QED) is 0.0478. The Hall–Kier alpha value is -6.37. The molecule has 1 spiro atoms. The number of anilines is 1. The van der Waals surface area contributed by atoms with Crippen molar-refractivity contribution in [3.63, 3.8) is 0 Å². The van der Waals surface area contributed by atoms with E-state index in [0.29, 0.717) is 75.5 Å². The van der Waals surface area contributed by atoms with Crippen LogP contribution in [0.5, 0.6) is 34.5 Å². The number of H-pyrrole nitrogens is 1. The first-order valence-corrected chi connectivity index (χ1v) is 25.0. The molecule has 2 aliphatic carbocycles. The average Bonchev–Trinajstić information content (AvgIpc) is 3.99. The van der Waals surface area contributed by atoms with E-state index >= 15 is 4.79 Å². The number of dihydropyridines is 1. The molecule has 2 bridgehead atoms. The fourth-order valence-electron chi connectivity index (χ4n) is 12.6. The number of aliphatic hydroxyl groups excluding tert-OH is 2. The van der Waals surface area contributed by atoms with E-state index in [0.717, 1.165) is 75.9 Å². The second-order valence-corrected chi connectivity index (χ2v) is 20.3. The molecule has 5 aromatic rings. The van der Waals surface area contributed by atoms with Crippen LogP contribution < -0.4 is 20.1 Å². The van der Waals surface area contributed by atoms with E-state index < -0.39 is 35.4 Å². The molecule has 1 fully saturated rings. The summed E-state index contributed by atoms with van der Waals surface area (Å²) in [4.78, 5) is 19.5. The largest absolute Gasteiger partial charge is 0.508 e. The van der Waals surface area contributed by atoms with Crippen LogP contribution in [0, 0.1) is 29.1 Å². The minimum atomic E-state index is -1.15. The standard InChI is InChI=1S/C57H65N3O9/c1-33-5-2-6-34(25-33)32-69-52-29-38(28-51(66)55(52)67)36-9-14-44-42-15-13-41(61)26-37(42)10-16-46(44)60-53-30-39(20-23-59-53)57(21-19-47(62)45(57)31-40-7-3-22-58-40)54(50(65)27-36)48(63)17-11-35-12-18-49(64)56-43(35)8-4-24-68-56/h2-3,6-7,10,12-13,15-16,18,20,22,26,28-30,33-34,36,45,47-48,54,58-64,66-67H,4-5,8-9,11,14,17,19,21,23-25,27,31-32H2,1H3. The van der Waals surface area contributed by atoms with Gasteiger partial charge in [0.25, 0.3) is 0 Å². The molecule has 12 heteroatoms. The van der Waals surface area contributed by atoms with Crippen LogP contribution >= 0.6 is 0 Å². The monoisotopic (exact) mass is 935 g/mol. The molecular formula is C57H65N3O9.